The molecule has 1 nitrogen and oxygen atoms in total. The first-order valence-corrected chi connectivity index (χ1v) is 10.4. The normalized spacial score (nSPS) is 30.6. The number of carbonyl (C=O) groups excluding carboxylic acids is 1. The van der Waals surface area contributed by atoms with E-state index in [9.17, 15) is 4.79 Å². The molecule has 0 aliphatic heterocycles. The van der Waals surface area contributed by atoms with Gasteiger partial charge in [0.1, 0.15) is 6.29 Å². The number of carbonyl (C=O) groups is 1. The Balaban J connectivity index is 0. The lowest BCUT2D eigenvalue weighted by Crippen LogP contribution is -2.33. The fraction of sp³-hybridized carbons (Fsp3) is 0.850. The summed E-state index contributed by atoms with van der Waals surface area (Å²) < 4.78 is 0. The number of hydrogen-bond acceptors (Lipinski definition) is 1. The zero-order valence-corrected chi connectivity index (χ0v) is 17.6. The number of halogens is 1. The van der Waals surface area contributed by atoms with Crippen molar-refractivity contribution in [3.63, 3.8) is 0 Å². The predicted molar refractivity (Wildman–Crippen MR) is 105 cm³/mol. The highest BCUT2D eigenvalue weighted by Gasteiger charge is 2.48. The van der Waals surface area contributed by atoms with Gasteiger partial charge in [-0.1, -0.05) is 70.0 Å². The van der Waals surface area contributed by atoms with Crippen LogP contribution < -0.4 is 0 Å². The Morgan fingerprint density at radius 1 is 1.14 bits per heavy atom. The molecule has 2 heteroatoms. The lowest BCUT2D eigenvalue weighted by atomic mass is 9.63. The lowest BCUT2D eigenvalue weighted by Gasteiger charge is -2.42. The molecule has 2 aliphatic carbocycles. The fourth-order valence-corrected chi connectivity index (χ4v) is 4.57. The van der Waals surface area contributed by atoms with Gasteiger partial charge in [-0.05, 0) is 60.8 Å². The zero-order chi connectivity index (χ0) is 17.6. The standard InChI is InChI=1S/C14H21BrO.3C2H6/c1-14-8-2-4-11(10-15)13(14)7-6-12(14)5-3-9-16;3*1-2/h9-10,12-13H,2-8H2,1H3;3*1-2H3/b11-10+;;;/t12?,13-,14?;;;/m0.../s1. The monoisotopic (exact) mass is 374 g/mol. The van der Waals surface area contributed by atoms with Gasteiger partial charge in [0.15, 0.2) is 0 Å². The van der Waals surface area contributed by atoms with Crippen molar-refractivity contribution in [1.82, 2.24) is 0 Å². The van der Waals surface area contributed by atoms with E-state index in [4.69, 9.17) is 0 Å². The molecule has 0 radical (unpaired) electrons. The van der Waals surface area contributed by atoms with E-state index in [-0.39, 0.29) is 0 Å². The van der Waals surface area contributed by atoms with Gasteiger partial charge < -0.3 is 4.79 Å². The second-order valence-electron chi connectivity index (χ2n) is 5.61. The van der Waals surface area contributed by atoms with Gasteiger partial charge in [0.2, 0.25) is 0 Å². The molecule has 0 bridgehead atoms. The Bertz CT molecular complexity index is 298. The molecular weight excluding hydrogens is 336 g/mol. The summed E-state index contributed by atoms with van der Waals surface area (Å²) in [7, 11) is 0. The molecule has 3 atom stereocenters. The zero-order valence-electron chi connectivity index (χ0n) is 16.0. The number of rotatable bonds is 3. The Morgan fingerprint density at radius 3 is 2.23 bits per heavy atom. The summed E-state index contributed by atoms with van der Waals surface area (Å²) in [5.41, 5.74) is 2.09. The predicted octanol–water partition coefficient (Wildman–Crippen LogP) is 7.54. The van der Waals surface area contributed by atoms with Crippen LogP contribution in [0.1, 0.15) is 93.4 Å². The molecule has 0 amide bonds. The molecule has 2 aliphatic rings. The molecule has 0 spiro atoms. The highest BCUT2D eigenvalue weighted by molar-refractivity contribution is 9.11. The van der Waals surface area contributed by atoms with E-state index >= 15 is 0 Å². The molecule has 0 aromatic rings. The summed E-state index contributed by atoms with van der Waals surface area (Å²) in [6.45, 7) is 14.5. The van der Waals surface area contributed by atoms with Gasteiger partial charge in [0, 0.05) is 6.42 Å². The van der Waals surface area contributed by atoms with E-state index in [0.717, 1.165) is 31.0 Å². The van der Waals surface area contributed by atoms with Gasteiger partial charge in [-0.3, -0.25) is 0 Å². The minimum absolute atomic E-state index is 0.473. The highest BCUT2D eigenvalue weighted by atomic mass is 79.9. The van der Waals surface area contributed by atoms with Gasteiger partial charge in [-0.25, -0.2) is 0 Å². The molecule has 0 aromatic heterocycles. The van der Waals surface area contributed by atoms with Crippen molar-refractivity contribution in [2.45, 2.75) is 93.4 Å². The van der Waals surface area contributed by atoms with Gasteiger partial charge in [-0.2, -0.15) is 0 Å². The maximum absolute atomic E-state index is 10.5. The van der Waals surface area contributed by atoms with Crippen molar-refractivity contribution in [2.75, 3.05) is 0 Å². The van der Waals surface area contributed by atoms with Crippen molar-refractivity contribution in [3.8, 4) is 0 Å². The quantitative estimate of drug-likeness (QED) is 0.466. The summed E-state index contributed by atoms with van der Waals surface area (Å²) in [5.74, 6) is 1.54. The lowest BCUT2D eigenvalue weighted by molar-refractivity contribution is -0.108. The van der Waals surface area contributed by atoms with Crippen molar-refractivity contribution in [2.24, 2.45) is 17.3 Å². The molecule has 0 heterocycles. The molecule has 2 saturated carbocycles. The highest BCUT2D eigenvalue weighted by Crippen LogP contribution is 2.58. The second kappa shape index (κ2) is 14.5. The van der Waals surface area contributed by atoms with Crippen molar-refractivity contribution in [3.05, 3.63) is 10.6 Å². The van der Waals surface area contributed by atoms with Crippen LogP contribution in [0.15, 0.2) is 10.6 Å². The van der Waals surface area contributed by atoms with E-state index in [1.165, 1.54) is 32.1 Å². The van der Waals surface area contributed by atoms with E-state index in [1.807, 2.05) is 41.5 Å². The molecule has 0 saturated heterocycles. The van der Waals surface area contributed by atoms with Crippen LogP contribution in [0, 0.1) is 17.3 Å². The topological polar surface area (TPSA) is 17.1 Å². The maximum Gasteiger partial charge on any atom is 0.120 e. The third-order valence-electron chi connectivity index (χ3n) is 4.93. The summed E-state index contributed by atoms with van der Waals surface area (Å²) >= 11 is 3.53. The molecule has 2 fully saturated rings. The van der Waals surface area contributed by atoms with Gasteiger partial charge >= 0.3 is 0 Å². The molecule has 132 valence electrons. The summed E-state index contributed by atoms with van der Waals surface area (Å²) in [5, 5.41) is 0. The van der Waals surface area contributed by atoms with Crippen LogP contribution in [0.2, 0.25) is 0 Å². The van der Waals surface area contributed by atoms with Crippen LogP contribution in [0.4, 0.5) is 0 Å². The number of fused-ring (bicyclic) bond motifs is 1. The first kappa shape index (κ1) is 24.1. The van der Waals surface area contributed by atoms with E-state index < -0.39 is 0 Å². The minimum Gasteiger partial charge on any atom is -0.303 e. The van der Waals surface area contributed by atoms with Crippen LogP contribution >= 0.6 is 15.9 Å². The van der Waals surface area contributed by atoms with Gasteiger partial charge in [-0.15, -0.1) is 0 Å². The first-order chi connectivity index (χ1) is 10.7. The van der Waals surface area contributed by atoms with Crippen molar-refractivity contribution in [1.29, 1.82) is 0 Å². The van der Waals surface area contributed by atoms with Crippen molar-refractivity contribution >= 4 is 22.2 Å². The van der Waals surface area contributed by atoms with Crippen LogP contribution in [-0.2, 0) is 4.79 Å². The molecular formula is C20H39BrO. The molecule has 2 unspecified atom stereocenters. The second-order valence-corrected chi connectivity index (χ2v) is 6.07. The Labute approximate surface area is 148 Å². The number of aldehydes is 1. The molecule has 0 N–H and O–H groups in total. The Hall–Kier alpha value is -0.110. The summed E-state index contributed by atoms with van der Waals surface area (Å²) in [4.78, 5) is 12.7. The third-order valence-corrected chi connectivity index (χ3v) is 5.52. The summed E-state index contributed by atoms with van der Waals surface area (Å²) in [6.07, 6.45) is 9.53. The summed E-state index contributed by atoms with van der Waals surface area (Å²) in [6, 6.07) is 0. The number of hydrogen-bond donors (Lipinski definition) is 0. The smallest absolute Gasteiger partial charge is 0.120 e. The van der Waals surface area contributed by atoms with Crippen LogP contribution in [0.25, 0.3) is 0 Å². The van der Waals surface area contributed by atoms with Crippen molar-refractivity contribution < 1.29 is 4.79 Å². The van der Waals surface area contributed by atoms with Crippen LogP contribution in [0.5, 0.6) is 0 Å². The average molecular weight is 375 g/mol. The fourth-order valence-electron chi connectivity index (χ4n) is 4.02. The first-order valence-electron chi connectivity index (χ1n) is 9.45. The number of allylic oxidation sites excluding steroid dienone is 1. The van der Waals surface area contributed by atoms with Gasteiger partial charge in [0.25, 0.3) is 0 Å². The average Bonchev–Trinajstić information content (AvgIpc) is 2.94. The largest absolute Gasteiger partial charge is 0.303 e. The SMILES string of the molecule is CC.CC.CC.CC12CCC/C(=C\Br)[C@@H]1CCC2CCC=O. The Kier molecular flexibility index (Phi) is 15.9. The van der Waals surface area contributed by atoms with Crippen LogP contribution in [0.3, 0.4) is 0 Å². The van der Waals surface area contributed by atoms with E-state index in [1.54, 1.807) is 5.57 Å². The Morgan fingerprint density at radius 2 is 1.73 bits per heavy atom. The third kappa shape index (κ3) is 6.18. The minimum atomic E-state index is 0.473. The maximum atomic E-state index is 10.5. The van der Waals surface area contributed by atoms with Gasteiger partial charge in [0.05, 0.1) is 0 Å². The van der Waals surface area contributed by atoms with Crippen LogP contribution in [-0.4, -0.2) is 6.29 Å². The molecule has 22 heavy (non-hydrogen) atoms. The van der Waals surface area contributed by atoms with E-state index in [0.29, 0.717) is 5.41 Å². The van der Waals surface area contributed by atoms with E-state index in [2.05, 4.69) is 27.8 Å². The molecule has 0 aromatic carbocycles. The molecule has 2 rings (SSSR count).